The van der Waals surface area contributed by atoms with E-state index in [1.807, 2.05) is 60.7 Å². The Kier molecular flexibility index (Phi) is 7.34. The van der Waals surface area contributed by atoms with Gasteiger partial charge in [0, 0.05) is 0 Å². The average Bonchev–Trinajstić information content (AvgIpc) is 2.74. The van der Waals surface area contributed by atoms with Crippen LogP contribution in [0.3, 0.4) is 0 Å². The summed E-state index contributed by atoms with van der Waals surface area (Å²) in [6, 6.07) is 20.8. The van der Waals surface area contributed by atoms with Crippen LogP contribution in [-0.4, -0.2) is 14.8 Å². The minimum atomic E-state index is -0.917. The van der Waals surface area contributed by atoms with E-state index >= 15 is 0 Å². The second kappa shape index (κ2) is 10.1. The van der Waals surface area contributed by atoms with Gasteiger partial charge in [-0.15, -0.1) is 0 Å². The lowest BCUT2D eigenvalue weighted by molar-refractivity contribution is -0.403. The molecular formula is C19H15N5O6. The number of nitro benzene ring substituents is 3. The van der Waals surface area contributed by atoms with E-state index in [0.29, 0.717) is 12.1 Å². The number of nitrogens with zero attached hydrogens (tertiary/aromatic N) is 5. The molecular weight excluding hydrogens is 394 g/mol. The van der Waals surface area contributed by atoms with Gasteiger partial charge in [0.25, 0.3) is 17.1 Å². The van der Waals surface area contributed by atoms with Gasteiger partial charge in [-0.05, 0) is 31.2 Å². The SMILES string of the molecule is Cc1c([N+](=O)[O-])cc([N+](=O)[O-])cc1[N+](=O)[O-].c1ccc(/N=N/c2ccccc2)cc1. The molecule has 0 aliphatic rings. The van der Waals surface area contributed by atoms with Gasteiger partial charge in [0.05, 0.1) is 38.3 Å². The van der Waals surface area contributed by atoms with Crippen molar-refractivity contribution in [1.29, 1.82) is 0 Å². The Morgan fingerprint density at radius 3 is 1.30 bits per heavy atom. The van der Waals surface area contributed by atoms with Gasteiger partial charge in [-0.25, -0.2) is 0 Å². The van der Waals surface area contributed by atoms with Crippen LogP contribution in [0.15, 0.2) is 83.0 Å². The first-order valence-electron chi connectivity index (χ1n) is 8.39. The molecule has 30 heavy (non-hydrogen) atoms. The molecule has 0 atom stereocenters. The van der Waals surface area contributed by atoms with E-state index in [9.17, 15) is 30.3 Å². The maximum absolute atomic E-state index is 10.5. The highest BCUT2D eigenvalue weighted by atomic mass is 16.6. The van der Waals surface area contributed by atoms with Crippen LogP contribution in [-0.2, 0) is 0 Å². The molecule has 0 aliphatic carbocycles. The second-order valence-corrected chi connectivity index (χ2v) is 5.75. The molecule has 0 N–H and O–H groups in total. The molecule has 0 amide bonds. The van der Waals surface area contributed by atoms with Crippen LogP contribution in [0, 0.1) is 37.3 Å². The summed E-state index contributed by atoms with van der Waals surface area (Å²) < 4.78 is 0. The zero-order valence-electron chi connectivity index (χ0n) is 15.6. The standard InChI is InChI=1S/C12H10N2.C7H5N3O6/c1-3-7-11(8-4-1)13-14-12-9-5-2-6-10-12;1-4-6(9(13)14)2-5(8(11)12)3-7(4)10(15)16/h1-10H;2-3H,1H3/b14-13+;. The van der Waals surface area contributed by atoms with Crippen molar-refractivity contribution in [3.8, 4) is 0 Å². The third-order valence-corrected chi connectivity index (χ3v) is 3.74. The first kappa shape index (κ1) is 21.8. The molecule has 0 radical (unpaired) electrons. The molecule has 0 saturated heterocycles. The van der Waals surface area contributed by atoms with Gasteiger partial charge in [-0.2, -0.15) is 10.2 Å². The number of hydrogen-bond donors (Lipinski definition) is 0. The van der Waals surface area contributed by atoms with Gasteiger partial charge in [0.2, 0.25) is 0 Å². The number of rotatable bonds is 5. The summed E-state index contributed by atoms with van der Waals surface area (Å²) in [5.74, 6) is 0. The number of azo groups is 1. The minimum absolute atomic E-state index is 0.208. The normalized spacial score (nSPS) is 10.2. The molecule has 11 heteroatoms. The van der Waals surface area contributed by atoms with E-state index in [0.717, 1.165) is 11.4 Å². The fourth-order valence-electron chi connectivity index (χ4n) is 2.26. The fourth-order valence-corrected chi connectivity index (χ4v) is 2.26. The number of benzene rings is 3. The molecule has 3 rings (SSSR count). The zero-order valence-corrected chi connectivity index (χ0v) is 15.6. The molecule has 0 unspecified atom stereocenters. The highest BCUT2D eigenvalue weighted by Gasteiger charge is 2.27. The highest BCUT2D eigenvalue weighted by Crippen LogP contribution is 2.32. The third kappa shape index (κ3) is 5.99. The molecule has 0 aromatic heterocycles. The maximum Gasteiger partial charge on any atom is 0.286 e. The summed E-state index contributed by atoms with van der Waals surface area (Å²) in [6.45, 7) is 1.17. The van der Waals surface area contributed by atoms with E-state index in [2.05, 4.69) is 10.2 Å². The lowest BCUT2D eigenvalue weighted by Crippen LogP contribution is -2.00. The van der Waals surface area contributed by atoms with Crippen molar-refractivity contribution in [2.45, 2.75) is 6.92 Å². The summed E-state index contributed by atoms with van der Waals surface area (Å²) in [7, 11) is 0. The quantitative estimate of drug-likeness (QED) is 0.294. The number of hydrogen-bond acceptors (Lipinski definition) is 8. The average molecular weight is 409 g/mol. The summed E-state index contributed by atoms with van der Waals surface area (Å²) in [4.78, 5) is 28.8. The lowest BCUT2D eigenvalue weighted by Gasteiger charge is -1.99. The van der Waals surface area contributed by atoms with Gasteiger partial charge in [-0.3, -0.25) is 30.3 Å². The third-order valence-electron chi connectivity index (χ3n) is 3.74. The summed E-state index contributed by atoms with van der Waals surface area (Å²) in [6.07, 6.45) is 0. The number of non-ortho nitro benzene ring substituents is 1. The molecule has 0 spiro atoms. The topological polar surface area (TPSA) is 154 Å². The molecule has 0 fully saturated rings. The van der Waals surface area contributed by atoms with Crippen LogP contribution in [0.2, 0.25) is 0 Å². The Morgan fingerprint density at radius 2 is 1.00 bits per heavy atom. The second-order valence-electron chi connectivity index (χ2n) is 5.75. The molecule has 0 bridgehead atoms. The molecule has 0 saturated carbocycles. The van der Waals surface area contributed by atoms with E-state index < -0.39 is 31.8 Å². The van der Waals surface area contributed by atoms with Crippen molar-refractivity contribution < 1.29 is 14.8 Å². The largest absolute Gasteiger partial charge is 0.286 e. The first-order chi connectivity index (χ1) is 14.3. The molecule has 152 valence electrons. The van der Waals surface area contributed by atoms with E-state index in [4.69, 9.17) is 0 Å². The van der Waals surface area contributed by atoms with E-state index in [1.165, 1.54) is 6.92 Å². The molecule has 11 nitrogen and oxygen atoms in total. The smallest absolute Gasteiger partial charge is 0.258 e. The van der Waals surface area contributed by atoms with Crippen LogP contribution in [0.5, 0.6) is 0 Å². The van der Waals surface area contributed by atoms with Crippen molar-refractivity contribution in [3.05, 3.63) is 109 Å². The number of nitro groups is 3. The van der Waals surface area contributed by atoms with Gasteiger partial charge in [-0.1, -0.05) is 36.4 Å². The van der Waals surface area contributed by atoms with Crippen molar-refractivity contribution in [1.82, 2.24) is 0 Å². The Hall–Kier alpha value is -4.54. The fraction of sp³-hybridized carbons (Fsp3) is 0.0526. The van der Waals surface area contributed by atoms with Gasteiger partial charge >= 0.3 is 0 Å². The van der Waals surface area contributed by atoms with Gasteiger partial charge < -0.3 is 0 Å². The van der Waals surface area contributed by atoms with Gasteiger partial charge in [0.1, 0.15) is 5.56 Å². The monoisotopic (exact) mass is 409 g/mol. The van der Waals surface area contributed by atoms with Crippen LogP contribution in [0.1, 0.15) is 5.56 Å². The predicted octanol–water partition coefficient (Wildman–Crippen LogP) is 5.82. The summed E-state index contributed by atoms with van der Waals surface area (Å²) in [5, 5.41) is 39.7. The Balaban J connectivity index is 0.000000215. The minimum Gasteiger partial charge on any atom is -0.258 e. The van der Waals surface area contributed by atoms with Crippen LogP contribution >= 0.6 is 0 Å². The lowest BCUT2D eigenvalue weighted by atomic mass is 10.1. The first-order valence-corrected chi connectivity index (χ1v) is 8.39. The van der Waals surface area contributed by atoms with Crippen molar-refractivity contribution in [2.75, 3.05) is 0 Å². The molecule has 3 aromatic carbocycles. The molecule has 3 aromatic rings. The summed E-state index contributed by atoms with van der Waals surface area (Å²) in [5.41, 5.74) is -0.417. The van der Waals surface area contributed by atoms with Crippen LogP contribution < -0.4 is 0 Å². The molecule has 0 aliphatic heterocycles. The zero-order chi connectivity index (χ0) is 22.1. The van der Waals surface area contributed by atoms with Crippen molar-refractivity contribution >= 4 is 28.4 Å². The Morgan fingerprint density at radius 1 is 0.633 bits per heavy atom. The summed E-state index contributed by atoms with van der Waals surface area (Å²) >= 11 is 0. The maximum atomic E-state index is 10.5. The molecule has 0 heterocycles. The Labute approximate surface area is 169 Å². The van der Waals surface area contributed by atoms with Crippen molar-refractivity contribution in [3.63, 3.8) is 0 Å². The van der Waals surface area contributed by atoms with Crippen molar-refractivity contribution in [2.24, 2.45) is 10.2 Å². The van der Waals surface area contributed by atoms with E-state index in [-0.39, 0.29) is 5.56 Å². The predicted molar refractivity (Wildman–Crippen MR) is 108 cm³/mol. The Bertz CT molecular complexity index is 1010. The van der Waals surface area contributed by atoms with E-state index in [1.54, 1.807) is 0 Å². The van der Waals surface area contributed by atoms with Crippen LogP contribution in [0.4, 0.5) is 28.4 Å². The van der Waals surface area contributed by atoms with Crippen LogP contribution in [0.25, 0.3) is 0 Å². The highest BCUT2D eigenvalue weighted by molar-refractivity contribution is 5.59. The van der Waals surface area contributed by atoms with Gasteiger partial charge in [0.15, 0.2) is 0 Å².